The Hall–Kier alpha value is -0.885. The Morgan fingerprint density at radius 1 is 1.09 bits per heavy atom. The van der Waals surface area contributed by atoms with E-state index in [1.807, 2.05) is 41.5 Å². The quantitative estimate of drug-likeness (QED) is 0.833. The van der Waals surface area contributed by atoms with E-state index in [0.717, 1.165) is 0 Å². The van der Waals surface area contributed by atoms with Crippen LogP contribution in [0.15, 0.2) is 29.2 Å². The highest BCUT2D eigenvalue weighted by molar-refractivity contribution is 7.89. The zero-order chi connectivity index (χ0) is 17.5. The van der Waals surface area contributed by atoms with Crippen LogP contribution in [0.4, 0.5) is 0 Å². The molecule has 0 bridgehead atoms. The lowest BCUT2D eigenvalue weighted by Crippen LogP contribution is -2.41. The molecule has 7 heteroatoms. The second-order valence-electron chi connectivity index (χ2n) is 7.37. The third-order valence-electron chi connectivity index (χ3n) is 4.40. The van der Waals surface area contributed by atoms with Gasteiger partial charge in [0.2, 0.25) is 10.0 Å². The maximum atomic E-state index is 12.6. The molecule has 0 amide bonds. The molecule has 0 atom stereocenters. The Morgan fingerprint density at radius 3 is 2.13 bits per heavy atom. The van der Waals surface area contributed by atoms with Gasteiger partial charge in [0.25, 0.3) is 0 Å². The average Bonchev–Trinajstić information content (AvgIpc) is 2.65. The molecule has 0 aliphatic carbocycles. The van der Waals surface area contributed by atoms with Crippen molar-refractivity contribution in [2.45, 2.75) is 57.6 Å². The second kappa shape index (κ2) is 6.20. The van der Waals surface area contributed by atoms with Crippen LogP contribution in [0.2, 0.25) is 0 Å². The summed E-state index contributed by atoms with van der Waals surface area (Å²) in [6.45, 7) is 12.1. The van der Waals surface area contributed by atoms with Gasteiger partial charge < -0.3 is 9.31 Å². The molecular weight excluding hydrogens is 313 g/mol. The molecule has 0 radical (unpaired) electrons. The van der Waals surface area contributed by atoms with E-state index in [4.69, 9.17) is 9.31 Å². The molecular formula is C16H26BNO4S. The van der Waals surface area contributed by atoms with Gasteiger partial charge in [0.15, 0.2) is 0 Å². The van der Waals surface area contributed by atoms with Crippen LogP contribution >= 0.6 is 0 Å². The monoisotopic (exact) mass is 339 g/mol. The number of nitrogens with one attached hydrogen (secondary N) is 1. The summed E-state index contributed by atoms with van der Waals surface area (Å²) in [5.74, 6) is 0.230. The van der Waals surface area contributed by atoms with Gasteiger partial charge >= 0.3 is 7.12 Å². The smallest absolute Gasteiger partial charge is 0.399 e. The number of rotatable bonds is 5. The maximum absolute atomic E-state index is 12.6. The standard InChI is InChI=1S/C16H26BNO4S/c1-12(2)11-18-23(19,20)14-10-8-7-9-13(14)17-21-15(3,4)16(5,6)22-17/h7-10,12,18H,11H2,1-6H3. The van der Waals surface area contributed by atoms with Crippen LogP contribution in [0.1, 0.15) is 41.5 Å². The van der Waals surface area contributed by atoms with Crippen molar-refractivity contribution in [3.63, 3.8) is 0 Å². The van der Waals surface area contributed by atoms with Crippen molar-refractivity contribution in [1.29, 1.82) is 0 Å². The number of hydrogen-bond acceptors (Lipinski definition) is 4. The van der Waals surface area contributed by atoms with Gasteiger partial charge in [-0.2, -0.15) is 0 Å². The van der Waals surface area contributed by atoms with E-state index in [2.05, 4.69) is 4.72 Å². The third kappa shape index (κ3) is 3.79. The minimum atomic E-state index is -3.61. The molecule has 1 N–H and O–H groups in total. The molecule has 0 saturated carbocycles. The summed E-state index contributed by atoms with van der Waals surface area (Å²) in [5.41, 5.74) is -0.498. The second-order valence-corrected chi connectivity index (χ2v) is 9.11. The normalized spacial score (nSPS) is 20.2. The Kier molecular flexibility index (Phi) is 4.98. The fraction of sp³-hybridized carbons (Fsp3) is 0.625. The van der Waals surface area contributed by atoms with Crippen molar-refractivity contribution in [3.8, 4) is 0 Å². The van der Waals surface area contributed by atoms with Crippen molar-refractivity contribution in [2.75, 3.05) is 6.54 Å². The molecule has 1 aromatic rings. The van der Waals surface area contributed by atoms with E-state index >= 15 is 0 Å². The van der Waals surface area contributed by atoms with Gasteiger partial charge in [0, 0.05) is 12.0 Å². The van der Waals surface area contributed by atoms with E-state index in [9.17, 15) is 8.42 Å². The topological polar surface area (TPSA) is 64.6 Å². The number of sulfonamides is 1. The predicted octanol–water partition coefficient (Wildman–Crippen LogP) is 1.92. The molecule has 23 heavy (non-hydrogen) atoms. The average molecular weight is 339 g/mol. The minimum absolute atomic E-state index is 0.208. The fourth-order valence-corrected chi connectivity index (χ4v) is 3.68. The molecule has 1 fully saturated rings. The molecule has 5 nitrogen and oxygen atoms in total. The van der Waals surface area contributed by atoms with Crippen LogP contribution in [-0.2, 0) is 19.3 Å². The molecule has 0 aromatic heterocycles. The summed E-state index contributed by atoms with van der Waals surface area (Å²) < 4.78 is 39.9. The fourth-order valence-electron chi connectivity index (χ4n) is 2.24. The molecule has 1 aromatic carbocycles. The third-order valence-corrected chi connectivity index (χ3v) is 5.89. The van der Waals surface area contributed by atoms with E-state index in [1.165, 1.54) is 0 Å². The van der Waals surface area contributed by atoms with Crippen LogP contribution in [0.5, 0.6) is 0 Å². The van der Waals surface area contributed by atoms with Crippen molar-refractivity contribution < 1.29 is 17.7 Å². The molecule has 1 aliphatic rings. The summed E-state index contributed by atoms with van der Waals surface area (Å²) in [5, 5.41) is 0. The van der Waals surface area contributed by atoms with E-state index in [1.54, 1.807) is 24.3 Å². The first kappa shape index (κ1) is 18.5. The maximum Gasteiger partial charge on any atom is 0.496 e. The minimum Gasteiger partial charge on any atom is -0.399 e. The molecule has 1 saturated heterocycles. The van der Waals surface area contributed by atoms with Crippen LogP contribution in [-0.4, -0.2) is 33.3 Å². The Morgan fingerprint density at radius 2 is 1.61 bits per heavy atom. The van der Waals surface area contributed by atoms with Gasteiger partial charge in [-0.15, -0.1) is 0 Å². The summed E-state index contributed by atoms with van der Waals surface area (Å²) >= 11 is 0. The Balaban J connectivity index is 2.36. The lowest BCUT2D eigenvalue weighted by atomic mass is 9.79. The summed E-state index contributed by atoms with van der Waals surface area (Å²) in [4.78, 5) is 0.208. The van der Waals surface area contributed by atoms with Crippen LogP contribution in [0.3, 0.4) is 0 Å². The first-order chi connectivity index (χ1) is 10.5. The zero-order valence-electron chi connectivity index (χ0n) is 14.7. The van der Waals surface area contributed by atoms with E-state index in [0.29, 0.717) is 12.0 Å². The van der Waals surface area contributed by atoms with Gasteiger partial charge in [-0.25, -0.2) is 13.1 Å². The molecule has 0 unspecified atom stereocenters. The van der Waals surface area contributed by atoms with Crippen molar-refractivity contribution in [3.05, 3.63) is 24.3 Å². The lowest BCUT2D eigenvalue weighted by molar-refractivity contribution is 0.00578. The highest BCUT2D eigenvalue weighted by Crippen LogP contribution is 2.36. The number of hydrogen-bond donors (Lipinski definition) is 1. The van der Waals surface area contributed by atoms with Gasteiger partial charge in [-0.3, -0.25) is 0 Å². The molecule has 0 spiro atoms. The van der Waals surface area contributed by atoms with Crippen LogP contribution in [0.25, 0.3) is 0 Å². The van der Waals surface area contributed by atoms with Gasteiger partial charge in [0.05, 0.1) is 16.1 Å². The van der Waals surface area contributed by atoms with Crippen molar-refractivity contribution in [1.82, 2.24) is 4.72 Å². The Labute approximate surface area is 140 Å². The highest BCUT2D eigenvalue weighted by Gasteiger charge is 2.52. The van der Waals surface area contributed by atoms with Crippen LogP contribution in [0, 0.1) is 5.92 Å². The van der Waals surface area contributed by atoms with Gasteiger partial charge in [0.1, 0.15) is 0 Å². The van der Waals surface area contributed by atoms with Gasteiger partial charge in [-0.05, 0) is 39.7 Å². The number of benzene rings is 1. The summed E-state index contributed by atoms with van der Waals surface area (Å²) in [6, 6.07) is 6.83. The van der Waals surface area contributed by atoms with E-state index in [-0.39, 0.29) is 10.8 Å². The largest absolute Gasteiger partial charge is 0.496 e. The molecule has 2 rings (SSSR count). The predicted molar refractivity (Wildman–Crippen MR) is 92.2 cm³/mol. The zero-order valence-corrected chi connectivity index (χ0v) is 15.5. The van der Waals surface area contributed by atoms with Gasteiger partial charge in [-0.1, -0.05) is 32.0 Å². The Bertz CT molecular complexity index is 654. The molecule has 1 aliphatic heterocycles. The molecule has 128 valence electrons. The first-order valence-corrected chi connectivity index (χ1v) is 9.39. The summed E-state index contributed by atoms with van der Waals surface area (Å²) in [7, 11) is -4.31. The van der Waals surface area contributed by atoms with Crippen LogP contribution < -0.4 is 10.2 Å². The molecule has 1 heterocycles. The lowest BCUT2D eigenvalue weighted by Gasteiger charge is -2.32. The highest BCUT2D eigenvalue weighted by atomic mass is 32.2. The first-order valence-electron chi connectivity index (χ1n) is 7.90. The summed E-state index contributed by atoms with van der Waals surface area (Å²) in [6.07, 6.45) is 0. The van der Waals surface area contributed by atoms with Crippen molar-refractivity contribution in [2.24, 2.45) is 5.92 Å². The SMILES string of the molecule is CC(C)CNS(=O)(=O)c1ccccc1B1OC(C)(C)C(C)(C)O1. The van der Waals surface area contributed by atoms with E-state index < -0.39 is 28.3 Å². The van der Waals surface area contributed by atoms with Crippen molar-refractivity contribution >= 4 is 22.6 Å².